The van der Waals surface area contributed by atoms with Crippen molar-refractivity contribution >= 4 is 17.5 Å². The number of halogens is 1. The van der Waals surface area contributed by atoms with Crippen molar-refractivity contribution in [1.82, 2.24) is 15.1 Å². The summed E-state index contributed by atoms with van der Waals surface area (Å²) in [7, 11) is 3.70. The summed E-state index contributed by atoms with van der Waals surface area (Å²) in [4.78, 5) is 29.1. The van der Waals surface area contributed by atoms with Gasteiger partial charge in [-0.25, -0.2) is 4.39 Å². The number of likely N-dealkylation sites (N-methyl/N-ethyl adjacent to an activating group) is 1. The van der Waals surface area contributed by atoms with Gasteiger partial charge in [0.2, 0.25) is 0 Å². The predicted octanol–water partition coefficient (Wildman–Crippen LogP) is 1.88. The van der Waals surface area contributed by atoms with E-state index in [2.05, 4.69) is 27.5 Å². The number of hydrogen-bond donors (Lipinski definition) is 2. The van der Waals surface area contributed by atoms with E-state index in [4.69, 9.17) is 4.74 Å². The lowest BCUT2D eigenvalue weighted by Gasteiger charge is -2.38. The van der Waals surface area contributed by atoms with Crippen LogP contribution in [0.15, 0.2) is 48.5 Å². The highest BCUT2D eigenvalue weighted by Crippen LogP contribution is 2.24. The Kier molecular flexibility index (Phi) is 7.37. The van der Waals surface area contributed by atoms with Crippen molar-refractivity contribution in [2.75, 3.05) is 52.2 Å². The van der Waals surface area contributed by atoms with Crippen molar-refractivity contribution in [2.45, 2.75) is 6.04 Å². The first kappa shape index (κ1) is 21.7. The number of carbonyl (C=O) groups excluding carboxylic acids is 2. The Morgan fingerprint density at radius 2 is 1.63 bits per heavy atom. The largest absolute Gasteiger partial charge is 0.497 e. The van der Waals surface area contributed by atoms with Crippen LogP contribution in [-0.4, -0.2) is 68.5 Å². The molecule has 0 bridgehead atoms. The molecule has 0 radical (unpaired) electrons. The van der Waals surface area contributed by atoms with E-state index in [1.807, 2.05) is 24.3 Å². The first-order chi connectivity index (χ1) is 14.5. The first-order valence-corrected chi connectivity index (χ1v) is 9.87. The molecule has 2 N–H and O–H groups in total. The summed E-state index contributed by atoms with van der Waals surface area (Å²) < 4.78 is 18.2. The Morgan fingerprint density at radius 3 is 2.23 bits per heavy atom. The van der Waals surface area contributed by atoms with Gasteiger partial charge in [0.05, 0.1) is 13.2 Å². The number of methoxy groups -OCH3 is 1. The minimum absolute atomic E-state index is 0.0628. The molecule has 3 rings (SSSR count). The molecule has 1 atom stereocenters. The molecule has 0 saturated carbocycles. The molecule has 1 heterocycles. The maximum absolute atomic E-state index is 13.0. The molecule has 2 aromatic rings. The molecular formula is C22H27FN4O3. The molecule has 2 aromatic carbocycles. The van der Waals surface area contributed by atoms with E-state index in [9.17, 15) is 14.0 Å². The molecule has 1 aliphatic rings. The van der Waals surface area contributed by atoms with E-state index in [-0.39, 0.29) is 6.04 Å². The number of amides is 2. The van der Waals surface area contributed by atoms with Gasteiger partial charge in [0.1, 0.15) is 11.6 Å². The molecule has 8 heteroatoms. The Bertz CT molecular complexity index is 850. The molecule has 0 spiro atoms. The lowest BCUT2D eigenvalue weighted by molar-refractivity contribution is -0.136. The van der Waals surface area contributed by atoms with Crippen LogP contribution in [0.3, 0.4) is 0 Å². The van der Waals surface area contributed by atoms with Gasteiger partial charge in [0.25, 0.3) is 0 Å². The molecule has 2 amide bonds. The third-order valence-electron chi connectivity index (χ3n) is 5.24. The van der Waals surface area contributed by atoms with Gasteiger partial charge < -0.3 is 20.3 Å². The maximum atomic E-state index is 13.0. The van der Waals surface area contributed by atoms with E-state index in [1.54, 1.807) is 7.11 Å². The van der Waals surface area contributed by atoms with Gasteiger partial charge in [0.15, 0.2) is 0 Å². The zero-order valence-electron chi connectivity index (χ0n) is 17.2. The summed E-state index contributed by atoms with van der Waals surface area (Å²) in [6.45, 7) is 3.90. The highest BCUT2D eigenvalue weighted by atomic mass is 19.1. The van der Waals surface area contributed by atoms with Gasteiger partial charge >= 0.3 is 11.8 Å². The second kappa shape index (κ2) is 10.2. The van der Waals surface area contributed by atoms with Crippen LogP contribution in [0.4, 0.5) is 10.1 Å². The van der Waals surface area contributed by atoms with Crippen LogP contribution in [0, 0.1) is 5.82 Å². The van der Waals surface area contributed by atoms with E-state index in [0.29, 0.717) is 12.2 Å². The van der Waals surface area contributed by atoms with Gasteiger partial charge in [-0.15, -0.1) is 0 Å². The molecule has 1 saturated heterocycles. The third kappa shape index (κ3) is 5.77. The summed E-state index contributed by atoms with van der Waals surface area (Å²) in [5, 5.41) is 5.22. The topological polar surface area (TPSA) is 73.9 Å². The third-order valence-corrected chi connectivity index (χ3v) is 5.24. The lowest BCUT2D eigenvalue weighted by Crippen LogP contribution is -2.49. The van der Waals surface area contributed by atoms with E-state index < -0.39 is 17.6 Å². The number of nitrogens with one attached hydrogen (secondary N) is 2. The number of nitrogens with zero attached hydrogens (tertiary/aromatic N) is 2. The summed E-state index contributed by atoms with van der Waals surface area (Å²) in [6, 6.07) is 12.9. The number of carbonyl (C=O) groups is 2. The minimum Gasteiger partial charge on any atom is -0.497 e. The number of hydrogen-bond acceptors (Lipinski definition) is 5. The first-order valence-electron chi connectivity index (χ1n) is 9.87. The second-order valence-electron chi connectivity index (χ2n) is 7.30. The number of ether oxygens (including phenoxy) is 1. The Morgan fingerprint density at radius 1 is 1.00 bits per heavy atom. The van der Waals surface area contributed by atoms with Crippen LogP contribution in [0.5, 0.6) is 5.75 Å². The highest BCUT2D eigenvalue weighted by molar-refractivity contribution is 6.39. The normalized spacial score (nSPS) is 16.0. The highest BCUT2D eigenvalue weighted by Gasteiger charge is 2.25. The zero-order chi connectivity index (χ0) is 21.5. The molecule has 30 heavy (non-hydrogen) atoms. The van der Waals surface area contributed by atoms with Crippen molar-refractivity contribution < 1.29 is 18.7 Å². The Labute approximate surface area is 175 Å². The maximum Gasteiger partial charge on any atom is 0.313 e. The van der Waals surface area contributed by atoms with Gasteiger partial charge in [-0.3, -0.25) is 14.5 Å². The van der Waals surface area contributed by atoms with Gasteiger partial charge in [-0.2, -0.15) is 0 Å². The van der Waals surface area contributed by atoms with Crippen molar-refractivity contribution in [3.05, 3.63) is 59.9 Å². The average Bonchev–Trinajstić information content (AvgIpc) is 2.77. The van der Waals surface area contributed by atoms with Crippen molar-refractivity contribution in [1.29, 1.82) is 0 Å². The molecule has 7 nitrogen and oxygen atoms in total. The van der Waals surface area contributed by atoms with E-state index >= 15 is 0 Å². The molecule has 0 aromatic heterocycles. The van der Waals surface area contributed by atoms with Crippen LogP contribution in [0.1, 0.15) is 11.6 Å². The molecule has 1 unspecified atom stereocenters. The fraction of sp³-hybridized carbons (Fsp3) is 0.364. The average molecular weight is 414 g/mol. The second-order valence-corrected chi connectivity index (χ2v) is 7.30. The molecule has 0 aliphatic carbocycles. The number of rotatable bonds is 6. The summed E-state index contributed by atoms with van der Waals surface area (Å²) >= 11 is 0. The van der Waals surface area contributed by atoms with Crippen molar-refractivity contribution in [3.63, 3.8) is 0 Å². The Balaban J connectivity index is 1.65. The smallest absolute Gasteiger partial charge is 0.313 e. The van der Waals surface area contributed by atoms with Crippen LogP contribution in [0.25, 0.3) is 0 Å². The minimum atomic E-state index is -0.784. The van der Waals surface area contributed by atoms with Gasteiger partial charge in [0, 0.05) is 38.4 Å². The molecule has 160 valence electrons. The molecule has 1 fully saturated rings. The molecule has 1 aliphatic heterocycles. The quantitative estimate of drug-likeness (QED) is 0.706. The van der Waals surface area contributed by atoms with Crippen molar-refractivity contribution in [3.8, 4) is 5.75 Å². The fourth-order valence-corrected chi connectivity index (χ4v) is 3.41. The number of anilines is 1. The zero-order valence-corrected chi connectivity index (χ0v) is 17.2. The predicted molar refractivity (Wildman–Crippen MR) is 113 cm³/mol. The standard InChI is InChI=1S/C22H27FN4O3/c1-26-11-13-27(14-12-26)20(16-3-9-19(30-2)10-4-16)15-24-21(28)22(29)25-18-7-5-17(23)6-8-18/h3-10,20H,11-15H2,1-2H3,(H,24,28)(H,25,29). The number of piperazine rings is 1. The van der Waals surface area contributed by atoms with Crippen LogP contribution in [-0.2, 0) is 9.59 Å². The molecular weight excluding hydrogens is 387 g/mol. The van der Waals surface area contributed by atoms with Crippen molar-refractivity contribution in [2.24, 2.45) is 0 Å². The number of benzene rings is 2. The lowest BCUT2D eigenvalue weighted by atomic mass is 10.0. The monoisotopic (exact) mass is 414 g/mol. The van der Waals surface area contributed by atoms with Crippen LogP contribution < -0.4 is 15.4 Å². The van der Waals surface area contributed by atoms with E-state index in [0.717, 1.165) is 37.5 Å². The Hall–Kier alpha value is -2.97. The van der Waals surface area contributed by atoms with Crippen LogP contribution >= 0.6 is 0 Å². The van der Waals surface area contributed by atoms with Crippen LogP contribution in [0.2, 0.25) is 0 Å². The fourth-order valence-electron chi connectivity index (χ4n) is 3.41. The SMILES string of the molecule is COc1ccc(C(CNC(=O)C(=O)Nc2ccc(F)cc2)N2CCN(C)CC2)cc1. The summed E-state index contributed by atoms with van der Waals surface area (Å²) in [5.41, 5.74) is 1.40. The van der Waals surface area contributed by atoms with Gasteiger partial charge in [-0.05, 0) is 49.0 Å². The summed E-state index contributed by atoms with van der Waals surface area (Å²) in [6.07, 6.45) is 0. The van der Waals surface area contributed by atoms with Gasteiger partial charge in [-0.1, -0.05) is 12.1 Å². The van der Waals surface area contributed by atoms with E-state index in [1.165, 1.54) is 24.3 Å². The summed E-state index contributed by atoms with van der Waals surface area (Å²) in [5.74, 6) is -1.16.